The molecule has 1 aliphatic rings. The first-order chi connectivity index (χ1) is 10.8. The molecule has 2 heterocycles. The highest BCUT2D eigenvalue weighted by atomic mass is 16.4. The van der Waals surface area contributed by atoms with Gasteiger partial charge in [-0.3, -0.25) is 9.79 Å². The fourth-order valence-electron chi connectivity index (χ4n) is 2.82. The average Bonchev–Trinajstić information content (AvgIpc) is 2.72. The van der Waals surface area contributed by atoms with E-state index in [9.17, 15) is 4.79 Å². The summed E-state index contributed by atoms with van der Waals surface area (Å²) in [5.41, 5.74) is 2.82. The maximum absolute atomic E-state index is 12.8. The Morgan fingerprint density at radius 1 is 1.09 bits per heavy atom. The van der Waals surface area contributed by atoms with Gasteiger partial charge >= 0.3 is 0 Å². The van der Waals surface area contributed by atoms with Gasteiger partial charge in [-0.1, -0.05) is 24.3 Å². The quantitative estimate of drug-likeness (QED) is 0.680. The van der Waals surface area contributed by atoms with Crippen molar-refractivity contribution >= 4 is 34.4 Å². The lowest BCUT2D eigenvalue weighted by atomic mass is 10.1. The van der Waals surface area contributed by atoms with E-state index in [0.717, 1.165) is 11.4 Å². The van der Waals surface area contributed by atoms with E-state index < -0.39 is 0 Å². The number of fused-ring (bicyclic) bond motifs is 3. The number of hydrogen-bond acceptors (Lipinski definition) is 4. The fourth-order valence-corrected chi connectivity index (χ4v) is 2.82. The maximum atomic E-state index is 12.8. The first kappa shape index (κ1) is 12.8. The summed E-state index contributed by atoms with van der Waals surface area (Å²) in [6.45, 7) is 2.72. The van der Waals surface area contributed by atoms with Gasteiger partial charge in [-0.15, -0.1) is 0 Å². The molecule has 0 fully saturated rings. The van der Waals surface area contributed by atoms with Crippen LogP contribution in [0.25, 0.3) is 11.0 Å². The van der Waals surface area contributed by atoms with E-state index in [2.05, 4.69) is 4.99 Å². The van der Waals surface area contributed by atoms with E-state index in [4.69, 9.17) is 4.42 Å². The highest BCUT2D eigenvalue weighted by Gasteiger charge is 2.23. The second-order valence-corrected chi connectivity index (χ2v) is 5.14. The molecule has 1 aliphatic heterocycles. The molecule has 4 rings (SSSR count). The lowest BCUT2D eigenvalue weighted by Crippen LogP contribution is -2.21. The zero-order valence-electron chi connectivity index (χ0n) is 12.1. The van der Waals surface area contributed by atoms with E-state index in [0.29, 0.717) is 29.0 Å². The van der Waals surface area contributed by atoms with Gasteiger partial charge in [-0.2, -0.15) is 0 Å². The number of hydrogen-bond donors (Lipinski definition) is 0. The Kier molecular flexibility index (Phi) is 2.82. The van der Waals surface area contributed by atoms with Gasteiger partial charge in [-0.05, 0) is 31.2 Å². The molecular weight excluding hydrogens is 276 g/mol. The summed E-state index contributed by atoms with van der Waals surface area (Å²) in [6, 6.07) is 15.1. The summed E-state index contributed by atoms with van der Waals surface area (Å²) in [6.07, 6.45) is 1.61. The predicted octanol–water partition coefficient (Wildman–Crippen LogP) is 4.02. The molecule has 4 nitrogen and oxygen atoms in total. The number of nitrogens with zero attached hydrogens (tertiary/aromatic N) is 2. The van der Waals surface area contributed by atoms with Crippen molar-refractivity contribution in [3.05, 3.63) is 64.3 Å². The van der Waals surface area contributed by atoms with Crippen LogP contribution in [0.2, 0.25) is 0 Å². The van der Waals surface area contributed by atoms with Crippen molar-refractivity contribution < 1.29 is 4.42 Å². The van der Waals surface area contributed by atoms with Crippen LogP contribution in [0.1, 0.15) is 12.5 Å². The van der Waals surface area contributed by atoms with Gasteiger partial charge in [0.15, 0.2) is 0 Å². The molecule has 4 heteroatoms. The number of para-hydroxylation sites is 3. The van der Waals surface area contributed by atoms with Crippen LogP contribution < -0.4 is 10.3 Å². The lowest BCUT2D eigenvalue weighted by molar-refractivity contribution is 0.596. The Bertz CT molecular complexity index is 957. The fraction of sp³-hybridized carbons (Fsp3) is 0.111. The number of benzene rings is 2. The van der Waals surface area contributed by atoms with Gasteiger partial charge in [0, 0.05) is 12.8 Å². The summed E-state index contributed by atoms with van der Waals surface area (Å²) in [5.74, 6) is 0.555. The summed E-state index contributed by atoms with van der Waals surface area (Å²) < 4.78 is 6.04. The predicted molar refractivity (Wildman–Crippen MR) is 88.9 cm³/mol. The molecule has 0 aliphatic carbocycles. The Hall–Kier alpha value is -2.88. The molecule has 0 atom stereocenters. The minimum atomic E-state index is -0.0492. The zero-order valence-corrected chi connectivity index (χ0v) is 12.1. The molecule has 0 N–H and O–H groups in total. The first-order valence-electron chi connectivity index (χ1n) is 7.26. The minimum Gasteiger partial charge on any atom is -0.439 e. The van der Waals surface area contributed by atoms with E-state index in [1.165, 1.54) is 0 Å². The summed E-state index contributed by atoms with van der Waals surface area (Å²) in [7, 11) is 0. The molecule has 0 bridgehead atoms. The van der Waals surface area contributed by atoms with Crippen molar-refractivity contribution in [3.63, 3.8) is 0 Å². The molecule has 0 saturated carbocycles. The van der Waals surface area contributed by atoms with Gasteiger partial charge in [0.25, 0.3) is 0 Å². The van der Waals surface area contributed by atoms with E-state index >= 15 is 0 Å². The van der Waals surface area contributed by atoms with E-state index in [1.807, 2.05) is 54.3 Å². The normalized spacial score (nSPS) is 12.9. The largest absolute Gasteiger partial charge is 0.439 e. The van der Waals surface area contributed by atoms with Crippen LogP contribution in [-0.4, -0.2) is 12.8 Å². The topological polar surface area (TPSA) is 45.8 Å². The first-order valence-corrected chi connectivity index (χ1v) is 7.26. The van der Waals surface area contributed by atoms with Crippen LogP contribution in [0.5, 0.6) is 0 Å². The van der Waals surface area contributed by atoms with Gasteiger partial charge in [0.1, 0.15) is 11.1 Å². The van der Waals surface area contributed by atoms with Gasteiger partial charge in [0.05, 0.1) is 16.8 Å². The maximum Gasteiger partial charge on any atom is 0.213 e. The molecule has 1 aromatic heterocycles. The van der Waals surface area contributed by atoms with E-state index in [-0.39, 0.29) is 5.43 Å². The Labute approximate surface area is 127 Å². The third kappa shape index (κ3) is 1.77. The number of aliphatic imine (C=N–C) groups is 1. The highest BCUT2D eigenvalue weighted by Crippen LogP contribution is 2.37. The number of rotatable bonds is 1. The number of anilines is 2. The molecule has 0 saturated heterocycles. The molecule has 2 aromatic carbocycles. The van der Waals surface area contributed by atoms with Crippen molar-refractivity contribution in [2.45, 2.75) is 6.92 Å². The van der Waals surface area contributed by atoms with Crippen molar-refractivity contribution in [3.8, 4) is 0 Å². The Morgan fingerprint density at radius 3 is 2.73 bits per heavy atom. The highest BCUT2D eigenvalue weighted by molar-refractivity contribution is 5.97. The summed E-state index contributed by atoms with van der Waals surface area (Å²) >= 11 is 0. The smallest absolute Gasteiger partial charge is 0.213 e. The summed E-state index contributed by atoms with van der Waals surface area (Å²) in [5, 5.41) is 0.578. The van der Waals surface area contributed by atoms with Crippen molar-refractivity contribution in [2.75, 3.05) is 11.4 Å². The molecule has 0 amide bonds. The lowest BCUT2D eigenvalue weighted by Gasteiger charge is -2.22. The molecular formula is C18H14N2O2. The van der Waals surface area contributed by atoms with Crippen LogP contribution in [0.3, 0.4) is 0 Å². The second kappa shape index (κ2) is 4.84. The Balaban J connectivity index is 2.10. The molecule has 22 heavy (non-hydrogen) atoms. The van der Waals surface area contributed by atoms with Crippen LogP contribution in [0.4, 0.5) is 17.3 Å². The average molecular weight is 290 g/mol. The Morgan fingerprint density at radius 2 is 1.86 bits per heavy atom. The molecule has 3 aromatic rings. The van der Waals surface area contributed by atoms with Crippen molar-refractivity contribution in [1.29, 1.82) is 0 Å². The third-order valence-electron chi connectivity index (χ3n) is 3.88. The molecule has 0 radical (unpaired) electrons. The minimum absolute atomic E-state index is 0.0492. The SMILES string of the molecule is CCN1c2ccccc2N=Cc2c1oc1ccccc1c2=O. The van der Waals surface area contributed by atoms with E-state index in [1.54, 1.807) is 12.3 Å². The van der Waals surface area contributed by atoms with Crippen LogP contribution in [0.15, 0.2) is 62.7 Å². The van der Waals surface area contributed by atoms with Gasteiger partial charge < -0.3 is 9.32 Å². The monoisotopic (exact) mass is 290 g/mol. The molecule has 0 spiro atoms. The second-order valence-electron chi connectivity index (χ2n) is 5.14. The standard InChI is InChI=1S/C18H14N2O2/c1-2-20-15-9-5-4-8-14(15)19-11-13-17(21)12-7-3-6-10-16(12)22-18(13)20/h3-11H,2H2,1H3. The van der Waals surface area contributed by atoms with Crippen molar-refractivity contribution in [1.82, 2.24) is 0 Å². The molecule has 0 unspecified atom stereocenters. The van der Waals surface area contributed by atoms with Crippen LogP contribution in [-0.2, 0) is 0 Å². The molecule has 108 valence electrons. The van der Waals surface area contributed by atoms with Gasteiger partial charge in [-0.25, -0.2) is 0 Å². The third-order valence-corrected chi connectivity index (χ3v) is 3.88. The van der Waals surface area contributed by atoms with Crippen LogP contribution in [0, 0.1) is 0 Å². The van der Waals surface area contributed by atoms with Crippen molar-refractivity contribution in [2.24, 2.45) is 4.99 Å². The van der Waals surface area contributed by atoms with Gasteiger partial charge in [0.2, 0.25) is 11.3 Å². The van der Waals surface area contributed by atoms with Crippen LogP contribution >= 0.6 is 0 Å². The zero-order chi connectivity index (χ0) is 15.1. The summed E-state index contributed by atoms with van der Waals surface area (Å²) in [4.78, 5) is 19.2.